The van der Waals surface area contributed by atoms with Crippen molar-refractivity contribution in [1.29, 1.82) is 0 Å². The van der Waals surface area contributed by atoms with Crippen LogP contribution in [0, 0.1) is 12.8 Å². The molecule has 17 heavy (non-hydrogen) atoms. The van der Waals surface area contributed by atoms with Crippen molar-refractivity contribution in [2.24, 2.45) is 11.7 Å². The first-order valence-corrected chi connectivity index (χ1v) is 6.31. The number of hydrogen-bond acceptors (Lipinski definition) is 3. The first kappa shape index (κ1) is 12.4. The van der Waals surface area contributed by atoms with E-state index in [1.165, 1.54) is 17.5 Å². The third-order valence-electron chi connectivity index (χ3n) is 3.71. The Balaban J connectivity index is 2.05. The molecule has 1 aliphatic heterocycles. The lowest BCUT2D eigenvalue weighted by Gasteiger charge is -2.18. The maximum atomic E-state index is 5.79. The van der Waals surface area contributed by atoms with E-state index < -0.39 is 0 Å². The van der Waals surface area contributed by atoms with Gasteiger partial charge in [0.1, 0.15) is 5.75 Å². The van der Waals surface area contributed by atoms with Crippen molar-refractivity contribution < 1.29 is 4.74 Å². The van der Waals surface area contributed by atoms with Gasteiger partial charge in [0.15, 0.2) is 0 Å². The maximum Gasteiger partial charge on any atom is 0.121 e. The largest absolute Gasteiger partial charge is 0.496 e. The second kappa shape index (κ2) is 5.52. The molecule has 2 atom stereocenters. The number of rotatable bonds is 4. The highest BCUT2D eigenvalue weighted by Crippen LogP contribution is 2.22. The molecule has 1 saturated heterocycles. The van der Waals surface area contributed by atoms with Crippen LogP contribution >= 0.6 is 0 Å². The molecule has 94 valence electrons. The monoisotopic (exact) mass is 234 g/mol. The van der Waals surface area contributed by atoms with Crippen molar-refractivity contribution in [2.45, 2.75) is 25.8 Å². The molecule has 3 heteroatoms. The zero-order chi connectivity index (χ0) is 12.3. The molecule has 0 aromatic heterocycles. The lowest BCUT2D eigenvalue weighted by atomic mass is 9.94. The van der Waals surface area contributed by atoms with Gasteiger partial charge in [0.2, 0.25) is 0 Å². The van der Waals surface area contributed by atoms with Gasteiger partial charge in [0, 0.05) is 6.04 Å². The molecule has 0 amide bonds. The first-order chi connectivity index (χ1) is 8.24. The summed E-state index contributed by atoms with van der Waals surface area (Å²) in [6.07, 6.45) is 2.27. The van der Waals surface area contributed by atoms with E-state index in [0.29, 0.717) is 12.0 Å². The summed E-state index contributed by atoms with van der Waals surface area (Å²) in [6.45, 7) is 3.97. The van der Waals surface area contributed by atoms with Gasteiger partial charge in [0.05, 0.1) is 7.11 Å². The Bertz CT molecular complexity index is 378. The molecule has 3 nitrogen and oxygen atoms in total. The average molecular weight is 234 g/mol. The summed E-state index contributed by atoms with van der Waals surface area (Å²) in [5.74, 6) is 1.58. The van der Waals surface area contributed by atoms with Crippen molar-refractivity contribution in [3.8, 4) is 5.75 Å². The third-order valence-corrected chi connectivity index (χ3v) is 3.71. The molecule has 3 N–H and O–H groups in total. The van der Waals surface area contributed by atoms with Gasteiger partial charge in [-0.3, -0.25) is 0 Å². The standard InChI is InChI=1S/C14H22N2O/c1-10-7-11(3-4-14(10)17-2)8-13-12(9-15)5-6-16-13/h3-4,7,12-13,16H,5-6,8-9,15H2,1-2H3. The SMILES string of the molecule is COc1ccc(CC2NCCC2CN)cc1C. The number of nitrogens with two attached hydrogens (primary N) is 1. The fourth-order valence-electron chi connectivity index (χ4n) is 2.66. The molecule has 1 heterocycles. The summed E-state index contributed by atoms with van der Waals surface area (Å²) in [7, 11) is 1.71. The molecule has 1 fully saturated rings. The first-order valence-electron chi connectivity index (χ1n) is 6.31. The summed E-state index contributed by atoms with van der Waals surface area (Å²) < 4.78 is 5.28. The number of aryl methyl sites for hydroxylation is 1. The lowest BCUT2D eigenvalue weighted by molar-refractivity contribution is 0.411. The summed E-state index contributed by atoms with van der Waals surface area (Å²) in [5, 5.41) is 3.54. The summed E-state index contributed by atoms with van der Waals surface area (Å²) in [5.41, 5.74) is 8.36. The Morgan fingerprint density at radius 3 is 2.94 bits per heavy atom. The van der Waals surface area contributed by atoms with Crippen molar-refractivity contribution in [3.63, 3.8) is 0 Å². The Labute approximate surface area is 103 Å². The number of nitrogens with one attached hydrogen (secondary N) is 1. The van der Waals surface area contributed by atoms with Gasteiger partial charge in [0.25, 0.3) is 0 Å². The van der Waals surface area contributed by atoms with Crippen LogP contribution in [0.3, 0.4) is 0 Å². The van der Waals surface area contributed by atoms with Crippen LogP contribution in [0.15, 0.2) is 18.2 Å². The Hall–Kier alpha value is -1.06. The smallest absolute Gasteiger partial charge is 0.121 e. The predicted octanol–water partition coefficient (Wildman–Crippen LogP) is 1.48. The number of hydrogen-bond donors (Lipinski definition) is 2. The number of ether oxygens (including phenoxy) is 1. The normalized spacial score (nSPS) is 23.9. The molecule has 1 aromatic carbocycles. The molecule has 2 unspecified atom stereocenters. The minimum atomic E-state index is 0.535. The van der Waals surface area contributed by atoms with E-state index in [0.717, 1.165) is 25.3 Å². The van der Waals surface area contributed by atoms with Crippen LogP contribution in [0.25, 0.3) is 0 Å². The van der Waals surface area contributed by atoms with Crippen LogP contribution in [0.5, 0.6) is 5.75 Å². The van der Waals surface area contributed by atoms with E-state index in [-0.39, 0.29) is 0 Å². The van der Waals surface area contributed by atoms with Crippen LogP contribution in [0.1, 0.15) is 17.5 Å². The molecule has 0 aliphatic carbocycles. The van der Waals surface area contributed by atoms with E-state index in [4.69, 9.17) is 10.5 Å². The third kappa shape index (κ3) is 2.79. The second-order valence-electron chi connectivity index (χ2n) is 4.85. The minimum absolute atomic E-state index is 0.535. The molecule has 2 rings (SSSR count). The highest BCUT2D eigenvalue weighted by atomic mass is 16.5. The van der Waals surface area contributed by atoms with Crippen molar-refractivity contribution >= 4 is 0 Å². The molecule has 0 radical (unpaired) electrons. The maximum absolute atomic E-state index is 5.79. The van der Waals surface area contributed by atoms with E-state index >= 15 is 0 Å². The average Bonchev–Trinajstić information content (AvgIpc) is 2.76. The van der Waals surface area contributed by atoms with E-state index in [2.05, 4.69) is 30.4 Å². The van der Waals surface area contributed by atoms with E-state index in [1.54, 1.807) is 7.11 Å². The van der Waals surface area contributed by atoms with Gasteiger partial charge in [-0.25, -0.2) is 0 Å². The van der Waals surface area contributed by atoms with Crippen LogP contribution < -0.4 is 15.8 Å². The Morgan fingerprint density at radius 1 is 1.47 bits per heavy atom. The number of benzene rings is 1. The highest BCUT2D eigenvalue weighted by molar-refractivity contribution is 5.36. The van der Waals surface area contributed by atoms with Gasteiger partial charge >= 0.3 is 0 Å². The Morgan fingerprint density at radius 2 is 2.29 bits per heavy atom. The van der Waals surface area contributed by atoms with Gasteiger partial charge in [-0.05, 0) is 56.0 Å². The van der Waals surface area contributed by atoms with Gasteiger partial charge in [-0.2, -0.15) is 0 Å². The molecule has 1 aromatic rings. The molecular weight excluding hydrogens is 212 g/mol. The van der Waals surface area contributed by atoms with Crippen LogP contribution in [-0.4, -0.2) is 26.2 Å². The molecular formula is C14H22N2O. The zero-order valence-corrected chi connectivity index (χ0v) is 10.7. The fourth-order valence-corrected chi connectivity index (χ4v) is 2.66. The zero-order valence-electron chi connectivity index (χ0n) is 10.7. The summed E-state index contributed by atoms with van der Waals surface area (Å²) in [4.78, 5) is 0. The quantitative estimate of drug-likeness (QED) is 0.829. The molecule has 0 bridgehead atoms. The van der Waals surface area contributed by atoms with E-state index in [9.17, 15) is 0 Å². The molecule has 0 spiro atoms. The van der Waals surface area contributed by atoms with Crippen LogP contribution in [-0.2, 0) is 6.42 Å². The van der Waals surface area contributed by atoms with Gasteiger partial charge < -0.3 is 15.8 Å². The lowest BCUT2D eigenvalue weighted by Crippen LogP contribution is -2.33. The predicted molar refractivity (Wildman–Crippen MR) is 70.4 cm³/mol. The Kier molecular flexibility index (Phi) is 4.02. The number of methoxy groups -OCH3 is 1. The van der Waals surface area contributed by atoms with Crippen molar-refractivity contribution in [2.75, 3.05) is 20.2 Å². The van der Waals surface area contributed by atoms with Crippen LogP contribution in [0.2, 0.25) is 0 Å². The highest BCUT2D eigenvalue weighted by Gasteiger charge is 2.25. The summed E-state index contributed by atoms with van der Waals surface area (Å²) in [6, 6.07) is 6.95. The topological polar surface area (TPSA) is 47.3 Å². The van der Waals surface area contributed by atoms with Crippen molar-refractivity contribution in [1.82, 2.24) is 5.32 Å². The van der Waals surface area contributed by atoms with Gasteiger partial charge in [-0.1, -0.05) is 12.1 Å². The minimum Gasteiger partial charge on any atom is -0.496 e. The van der Waals surface area contributed by atoms with Gasteiger partial charge in [-0.15, -0.1) is 0 Å². The summed E-state index contributed by atoms with van der Waals surface area (Å²) >= 11 is 0. The van der Waals surface area contributed by atoms with Crippen molar-refractivity contribution in [3.05, 3.63) is 29.3 Å². The fraction of sp³-hybridized carbons (Fsp3) is 0.571. The second-order valence-corrected chi connectivity index (χ2v) is 4.85. The van der Waals surface area contributed by atoms with Crippen LogP contribution in [0.4, 0.5) is 0 Å². The molecule has 0 saturated carbocycles. The van der Waals surface area contributed by atoms with E-state index in [1.807, 2.05) is 0 Å². The molecule has 1 aliphatic rings.